The van der Waals surface area contributed by atoms with E-state index in [2.05, 4.69) is 0 Å². The molecule has 1 saturated heterocycles. The number of hydrogen-bond acceptors (Lipinski definition) is 3. The van der Waals surface area contributed by atoms with Crippen molar-refractivity contribution in [1.82, 2.24) is 4.90 Å². The number of aliphatic carboxylic acids is 1. The quantitative estimate of drug-likeness (QED) is 0.488. The first-order valence-corrected chi connectivity index (χ1v) is 9.63. The molecule has 2 atom stereocenters. The van der Waals surface area contributed by atoms with Gasteiger partial charge in [0.15, 0.2) is 0 Å². The largest absolute Gasteiger partial charge is 0.481 e. The first-order valence-electron chi connectivity index (χ1n) is 9.63. The van der Waals surface area contributed by atoms with Gasteiger partial charge in [-0.1, -0.05) is 54.6 Å². The summed E-state index contributed by atoms with van der Waals surface area (Å²) >= 11 is 0. The molecule has 0 bridgehead atoms. The van der Waals surface area contributed by atoms with Crippen LogP contribution in [-0.2, 0) is 16.0 Å². The summed E-state index contributed by atoms with van der Waals surface area (Å²) in [5.41, 5.74) is 1.08. The van der Waals surface area contributed by atoms with Crippen molar-refractivity contribution >= 4 is 11.9 Å². The van der Waals surface area contributed by atoms with Crippen molar-refractivity contribution in [3.63, 3.8) is 0 Å². The van der Waals surface area contributed by atoms with Gasteiger partial charge in [-0.2, -0.15) is 0 Å². The molecule has 27 heavy (non-hydrogen) atoms. The molecular weight excluding hydrogens is 342 g/mol. The van der Waals surface area contributed by atoms with Crippen LogP contribution in [0.25, 0.3) is 0 Å². The molecule has 1 aromatic rings. The predicted octanol–water partition coefficient (Wildman–Crippen LogP) is 3.34. The number of carboxylic acids is 1. The van der Waals surface area contributed by atoms with Crippen molar-refractivity contribution in [2.75, 3.05) is 6.54 Å². The summed E-state index contributed by atoms with van der Waals surface area (Å²) in [7, 11) is 0. The van der Waals surface area contributed by atoms with E-state index in [0.717, 1.165) is 18.4 Å². The first kappa shape index (κ1) is 20.9. The maximum Gasteiger partial charge on any atom is 0.303 e. The molecule has 1 heterocycles. The standard InChI is InChI=1S/C22H29NO4/c24-20(17-18-9-4-3-5-10-18)15-14-19-11-8-12-21(25)23(19)16-7-2-1-6-13-22(26)27/h2-5,7,9-10,14-15,19-20,24H,1,6,8,11-13,16-17H2,(H,26,27)/b7-2?,15-14+/t19-,20?/m1/s1. The highest BCUT2D eigenvalue weighted by atomic mass is 16.4. The van der Waals surface area contributed by atoms with Gasteiger partial charge < -0.3 is 15.1 Å². The third-order valence-corrected chi connectivity index (χ3v) is 4.68. The third-order valence-electron chi connectivity index (χ3n) is 4.68. The van der Waals surface area contributed by atoms with Crippen LogP contribution in [0.15, 0.2) is 54.6 Å². The molecule has 5 nitrogen and oxygen atoms in total. The van der Waals surface area contributed by atoms with Gasteiger partial charge in [0.2, 0.25) is 5.91 Å². The number of benzene rings is 1. The topological polar surface area (TPSA) is 77.8 Å². The Balaban J connectivity index is 1.85. The van der Waals surface area contributed by atoms with Gasteiger partial charge in [-0.25, -0.2) is 0 Å². The summed E-state index contributed by atoms with van der Waals surface area (Å²) in [6.07, 6.45) is 11.4. The third kappa shape index (κ3) is 7.79. The lowest BCUT2D eigenvalue weighted by Gasteiger charge is -2.33. The second kappa shape index (κ2) is 11.3. The molecule has 2 rings (SSSR count). The molecule has 0 saturated carbocycles. The van der Waals surface area contributed by atoms with Crippen LogP contribution < -0.4 is 0 Å². The molecule has 1 amide bonds. The van der Waals surface area contributed by atoms with Gasteiger partial charge in [0, 0.05) is 25.8 Å². The fourth-order valence-electron chi connectivity index (χ4n) is 3.24. The Morgan fingerprint density at radius 1 is 1.26 bits per heavy atom. The zero-order valence-electron chi connectivity index (χ0n) is 15.7. The van der Waals surface area contributed by atoms with Gasteiger partial charge in [-0.05, 0) is 31.2 Å². The summed E-state index contributed by atoms with van der Waals surface area (Å²) in [6, 6.07) is 9.84. The minimum atomic E-state index is -0.783. The number of carboxylic acid groups (broad SMARTS) is 1. The van der Waals surface area contributed by atoms with E-state index in [9.17, 15) is 14.7 Å². The molecule has 1 aliphatic heterocycles. The van der Waals surface area contributed by atoms with Gasteiger partial charge in [0.05, 0.1) is 12.1 Å². The lowest BCUT2D eigenvalue weighted by atomic mass is 9.99. The van der Waals surface area contributed by atoms with Gasteiger partial charge >= 0.3 is 5.97 Å². The zero-order chi connectivity index (χ0) is 19.5. The summed E-state index contributed by atoms with van der Waals surface area (Å²) in [6.45, 7) is 0.524. The highest BCUT2D eigenvalue weighted by Crippen LogP contribution is 2.20. The summed E-state index contributed by atoms with van der Waals surface area (Å²) in [5, 5.41) is 18.9. The Kier molecular flexibility index (Phi) is 8.78. The number of hydrogen-bond donors (Lipinski definition) is 2. The van der Waals surface area contributed by atoms with E-state index in [0.29, 0.717) is 32.2 Å². The molecule has 0 spiro atoms. The van der Waals surface area contributed by atoms with E-state index < -0.39 is 12.1 Å². The van der Waals surface area contributed by atoms with Crippen LogP contribution in [0.1, 0.15) is 44.1 Å². The summed E-state index contributed by atoms with van der Waals surface area (Å²) in [5.74, 6) is -0.655. The molecule has 1 aliphatic rings. The molecule has 146 valence electrons. The summed E-state index contributed by atoms with van der Waals surface area (Å²) in [4.78, 5) is 24.6. The average molecular weight is 371 g/mol. The van der Waals surface area contributed by atoms with Crippen LogP contribution in [0, 0.1) is 0 Å². The Morgan fingerprint density at radius 2 is 2.04 bits per heavy atom. The van der Waals surface area contributed by atoms with Crippen LogP contribution in [0.3, 0.4) is 0 Å². The molecular formula is C22H29NO4. The lowest BCUT2D eigenvalue weighted by molar-refractivity contribution is -0.137. The molecule has 1 unspecified atom stereocenters. The van der Waals surface area contributed by atoms with Crippen molar-refractivity contribution in [3.05, 3.63) is 60.2 Å². The number of carbonyl (C=O) groups excluding carboxylic acids is 1. The van der Waals surface area contributed by atoms with Gasteiger partial charge in [0.1, 0.15) is 0 Å². The molecule has 0 radical (unpaired) electrons. The van der Waals surface area contributed by atoms with Gasteiger partial charge in [-0.15, -0.1) is 0 Å². The number of nitrogens with zero attached hydrogens (tertiary/aromatic N) is 1. The number of allylic oxidation sites excluding steroid dienone is 1. The zero-order valence-corrected chi connectivity index (χ0v) is 15.7. The Hall–Kier alpha value is -2.40. The minimum absolute atomic E-state index is 0.000318. The first-order chi connectivity index (χ1) is 13.1. The number of carbonyl (C=O) groups is 2. The highest BCUT2D eigenvalue weighted by Gasteiger charge is 2.25. The number of unbranched alkanes of at least 4 members (excludes halogenated alkanes) is 1. The van der Waals surface area contributed by atoms with Crippen LogP contribution in [0.4, 0.5) is 0 Å². The van der Waals surface area contributed by atoms with E-state index in [1.54, 1.807) is 6.08 Å². The van der Waals surface area contributed by atoms with Crippen molar-refractivity contribution in [3.8, 4) is 0 Å². The van der Waals surface area contributed by atoms with Gasteiger partial charge in [0.25, 0.3) is 0 Å². The average Bonchev–Trinajstić information content (AvgIpc) is 2.65. The fourth-order valence-corrected chi connectivity index (χ4v) is 3.24. The molecule has 1 aromatic carbocycles. The van der Waals surface area contributed by atoms with E-state index in [-0.39, 0.29) is 18.4 Å². The SMILES string of the molecule is O=C(O)CCCC=CCN1C(=O)CCC[C@@H]1/C=C/C(O)Cc1ccccc1. The molecule has 0 aliphatic carbocycles. The highest BCUT2D eigenvalue weighted by molar-refractivity contribution is 5.77. The second-order valence-electron chi connectivity index (χ2n) is 6.91. The number of aliphatic hydroxyl groups excluding tert-OH is 1. The van der Waals surface area contributed by atoms with Crippen molar-refractivity contribution < 1.29 is 19.8 Å². The minimum Gasteiger partial charge on any atom is -0.481 e. The number of rotatable bonds is 10. The van der Waals surface area contributed by atoms with Crippen molar-refractivity contribution in [2.45, 2.75) is 57.1 Å². The summed E-state index contributed by atoms with van der Waals surface area (Å²) < 4.78 is 0. The number of amides is 1. The Bertz CT molecular complexity index is 654. The fraction of sp³-hybridized carbons (Fsp3) is 0.455. The smallest absolute Gasteiger partial charge is 0.303 e. The molecule has 5 heteroatoms. The second-order valence-corrected chi connectivity index (χ2v) is 6.91. The van der Waals surface area contributed by atoms with E-state index in [1.807, 2.05) is 53.5 Å². The maximum atomic E-state index is 12.3. The number of aliphatic hydroxyl groups is 1. The predicted molar refractivity (Wildman–Crippen MR) is 105 cm³/mol. The van der Waals surface area contributed by atoms with E-state index in [4.69, 9.17) is 5.11 Å². The van der Waals surface area contributed by atoms with Crippen LogP contribution in [0.2, 0.25) is 0 Å². The Morgan fingerprint density at radius 3 is 2.78 bits per heavy atom. The monoisotopic (exact) mass is 371 g/mol. The van der Waals surface area contributed by atoms with Crippen LogP contribution in [0.5, 0.6) is 0 Å². The molecule has 0 aromatic heterocycles. The normalized spacial score (nSPS) is 19.1. The van der Waals surface area contributed by atoms with Gasteiger partial charge in [-0.3, -0.25) is 9.59 Å². The number of piperidine rings is 1. The van der Waals surface area contributed by atoms with Crippen LogP contribution in [-0.4, -0.2) is 45.7 Å². The van der Waals surface area contributed by atoms with E-state index >= 15 is 0 Å². The van der Waals surface area contributed by atoms with Crippen molar-refractivity contribution in [2.24, 2.45) is 0 Å². The lowest BCUT2D eigenvalue weighted by Crippen LogP contribution is -2.42. The van der Waals surface area contributed by atoms with E-state index in [1.165, 1.54) is 0 Å². The van der Waals surface area contributed by atoms with Crippen LogP contribution >= 0.6 is 0 Å². The molecule has 1 fully saturated rings. The number of likely N-dealkylation sites (tertiary alicyclic amines) is 1. The maximum absolute atomic E-state index is 12.3. The molecule has 2 N–H and O–H groups in total. The van der Waals surface area contributed by atoms with Crippen molar-refractivity contribution in [1.29, 1.82) is 0 Å². The Labute approximate surface area is 161 Å².